The molecule has 0 aromatic carbocycles. The van der Waals surface area contributed by atoms with Gasteiger partial charge in [-0.15, -0.1) is 6.58 Å². The average molecular weight is 212 g/mol. The summed E-state index contributed by atoms with van der Waals surface area (Å²) in [6.07, 6.45) is 3.70. The first-order valence-electron chi connectivity index (χ1n) is 5.05. The molecular formula is C10H16N2O3. The van der Waals surface area contributed by atoms with Crippen molar-refractivity contribution in [1.82, 2.24) is 10.2 Å². The first kappa shape index (κ1) is 11.6. The summed E-state index contributed by atoms with van der Waals surface area (Å²) in [4.78, 5) is 23.7. The van der Waals surface area contributed by atoms with Gasteiger partial charge in [-0.1, -0.05) is 6.08 Å². The Kier molecular flexibility index (Phi) is 4.15. The van der Waals surface area contributed by atoms with Crippen LogP contribution in [0.3, 0.4) is 0 Å². The standard InChI is InChI=1S/C10H16N2O3/c1-2-3-6-11-10(15)12-7-4-5-8(12)9(13)14/h2,8H,1,3-7H2,(H,11,15)(H,13,14)/t8-/m1/s1. The molecule has 15 heavy (non-hydrogen) atoms. The van der Waals surface area contributed by atoms with Crippen LogP contribution in [0.15, 0.2) is 12.7 Å². The number of urea groups is 1. The van der Waals surface area contributed by atoms with E-state index < -0.39 is 12.0 Å². The van der Waals surface area contributed by atoms with Crippen LogP contribution in [-0.2, 0) is 4.79 Å². The summed E-state index contributed by atoms with van der Waals surface area (Å²) >= 11 is 0. The van der Waals surface area contributed by atoms with Gasteiger partial charge in [-0.3, -0.25) is 0 Å². The molecule has 0 aromatic heterocycles. The van der Waals surface area contributed by atoms with Crippen molar-refractivity contribution in [2.75, 3.05) is 13.1 Å². The highest BCUT2D eigenvalue weighted by Gasteiger charge is 2.33. The summed E-state index contributed by atoms with van der Waals surface area (Å²) in [5, 5.41) is 11.5. The van der Waals surface area contributed by atoms with Crippen molar-refractivity contribution in [1.29, 1.82) is 0 Å². The van der Waals surface area contributed by atoms with Crippen LogP contribution < -0.4 is 5.32 Å². The van der Waals surface area contributed by atoms with E-state index in [1.54, 1.807) is 6.08 Å². The number of nitrogens with zero attached hydrogens (tertiary/aromatic N) is 1. The largest absolute Gasteiger partial charge is 0.480 e. The number of carbonyl (C=O) groups excluding carboxylic acids is 1. The number of hydrogen-bond acceptors (Lipinski definition) is 2. The molecule has 0 bridgehead atoms. The van der Waals surface area contributed by atoms with Crippen LogP contribution in [0.5, 0.6) is 0 Å². The van der Waals surface area contributed by atoms with Gasteiger partial charge in [0.2, 0.25) is 0 Å². The molecule has 1 saturated heterocycles. The Bertz CT molecular complexity index is 265. The summed E-state index contributed by atoms with van der Waals surface area (Å²) in [6.45, 7) is 4.57. The van der Waals surface area contributed by atoms with Gasteiger partial charge in [-0.2, -0.15) is 0 Å². The molecule has 5 heteroatoms. The monoisotopic (exact) mass is 212 g/mol. The second-order valence-electron chi connectivity index (χ2n) is 3.50. The van der Waals surface area contributed by atoms with Crippen molar-refractivity contribution in [3.63, 3.8) is 0 Å². The molecule has 1 fully saturated rings. The summed E-state index contributed by atoms with van der Waals surface area (Å²) in [5.41, 5.74) is 0. The summed E-state index contributed by atoms with van der Waals surface area (Å²) in [5.74, 6) is -0.925. The normalized spacial score (nSPS) is 20.0. The van der Waals surface area contributed by atoms with Gasteiger partial charge in [0.1, 0.15) is 6.04 Å². The van der Waals surface area contributed by atoms with Gasteiger partial charge in [0, 0.05) is 13.1 Å². The van der Waals surface area contributed by atoms with E-state index in [0.29, 0.717) is 25.9 Å². The Morgan fingerprint density at radius 3 is 2.93 bits per heavy atom. The molecule has 0 saturated carbocycles. The van der Waals surface area contributed by atoms with Crippen LogP contribution in [0.4, 0.5) is 4.79 Å². The number of aliphatic carboxylic acids is 1. The minimum atomic E-state index is -0.925. The molecule has 0 aromatic rings. The summed E-state index contributed by atoms with van der Waals surface area (Å²) in [7, 11) is 0. The molecule has 0 spiro atoms. The van der Waals surface area contributed by atoms with Crippen LogP contribution in [0.25, 0.3) is 0 Å². The lowest BCUT2D eigenvalue weighted by molar-refractivity contribution is -0.141. The highest BCUT2D eigenvalue weighted by Crippen LogP contribution is 2.17. The lowest BCUT2D eigenvalue weighted by Crippen LogP contribution is -2.46. The zero-order valence-corrected chi connectivity index (χ0v) is 8.61. The fraction of sp³-hybridized carbons (Fsp3) is 0.600. The SMILES string of the molecule is C=CCCNC(=O)N1CCC[C@@H]1C(=O)O. The fourth-order valence-electron chi connectivity index (χ4n) is 1.65. The third kappa shape index (κ3) is 2.97. The number of amides is 2. The molecule has 1 aliphatic heterocycles. The smallest absolute Gasteiger partial charge is 0.326 e. The second kappa shape index (κ2) is 5.38. The second-order valence-corrected chi connectivity index (χ2v) is 3.50. The molecule has 84 valence electrons. The zero-order chi connectivity index (χ0) is 11.3. The first-order chi connectivity index (χ1) is 7.16. The van der Waals surface area contributed by atoms with E-state index in [2.05, 4.69) is 11.9 Å². The van der Waals surface area contributed by atoms with Crippen molar-refractivity contribution in [2.24, 2.45) is 0 Å². The molecule has 0 aliphatic carbocycles. The average Bonchev–Trinajstić information content (AvgIpc) is 2.66. The summed E-state index contributed by atoms with van der Waals surface area (Å²) in [6, 6.07) is -0.949. The topological polar surface area (TPSA) is 69.6 Å². The van der Waals surface area contributed by atoms with Gasteiger partial charge in [-0.25, -0.2) is 9.59 Å². The predicted molar refractivity (Wildman–Crippen MR) is 55.6 cm³/mol. The van der Waals surface area contributed by atoms with Crippen molar-refractivity contribution in [3.8, 4) is 0 Å². The Hall–Kier alpha value is -1.52. The number of nitrogens with one attached hydrogen (secondary N) is 1. The van der Waals surface area contributed by atoms with Crippen molar-refractivity contribution in [3.05, 3.63) is 12.7 Å². The quantitative estimate of drug-likeness (QED) is 0.535. The van der Waals surface area contributed by atoms with Gasteiger partial charge in [-0.05, 0) is 19.3 Å². The van der Waals surface area contributed by atoms with Crippen molar-refractivity contribution >= 4 is 12.0 Å². The van der Waals surface area contributed by atoms with E-state index in [1.165, 1.54) is 4.90 Å². The van der Waals surface area contributed by atoms with Gasteiger partial charge >= 0.3 is 12.0 Å². The van der Waals surface area contributed by atoms with Gasteiger partial charge in [0.05, 0.1) is 0 Å². The molecule has 0 radical (unpaired) electrons. The van der Waals surface area contributed by atoms with Crippen LogP contribution in [0.1, 0.15) is 19.3 Å². The number of likely N-dealkylation sites (tertiary alicyclic amines) is 1. The van der Waals surface area contributed by atoms with E-state index in [0.717, 1.165) is 6.42 Å². The Balaban J connectivity index is 2.43. The Labute approximate surface area is 88.8 Å². The molecular weight excluding hydrogens is 196 g/mol. The lowest BCUT2D eigenvalue weighted by Gasteiger charge is -2.21. The molecule has 0 unspecified atom stereocenters. The molecule has 2 amide bonds. The summed E-state index contributed by atoms with van der Waals surface area (Å²) < 4.78 is 0. The third-order valence-electron chi connectivity index (χ3n) is 2.42. The molecule has 5 nitrogen and oxygen atoms in total. The van der Waals surface area contributed by atoms with Gasteiger partial charge < -0.3 is 15.3 Å². The molecule has 2 N–H and O–H groups in total. The Morgan fingerprint density at radius 2 is 2.33 bits per heavy atom. The lowest BCUT2D eigenvalue weighted by atomic mass is 10.2. The van der Waals surface area contributed by atoms with Crippen LogP contribution in [-0.4, -0.2) is 41.1 Å². The third-order valence-corrected chi connectivity index (χ3v) is 2.42. The molecule has 1 aliphatic rings. The van der Waals surface area contributed by atoms with E-state index in [4.69, 9.17) is 5.11 Å². The maximum absolute atomic E-state index is 11.6. The van der Waals surface area contributed by atoms with Crippen LogP contribution in [0, 0.1) is 0 Å². The number of hydrogen-bond donors (Lipinski definition) is 2. The number of rotatable bonds is 4. The molecule has 1 heterocycles. The molecule has 1 rings (SSSR count). The first-order valence-corrected chi connectivity index (χ1v) is 5.05. The minimum absolute atomic E-state index is 0.290. The predicted octanol–water partition coefficient (Wildman–Crippen LogP) is 0.821. The fourth-order valence-corrected chi connectivity index (χ4v) is 1.65. The van der Waals surface area contributed by atoms with E-state index >= 15 is 0 Å². The minimum Gasteiger partial charge on any atom is -0.480 e. The van der Waals surface area contributed by atoms with E-state index in [-0.39, 0.29) is 6.03 Å². The number of carboxylic acid groups (broad SMARTS) is 1. The maximum Gasteiger partial charge on any atom is 0.326 e. The zero-order valence-electron chi connectivity index (χ0n) is 8.61. The Morgan fingerprint density at radius 1 is 1.60 bits per heavy atom. The van der Waals surface area contributed by atoms with Gasteiger partial charge in [0.15, 0.2) is 0 Å². The van der Waals surface area contributed by atoms with Crippen LogP contribution >= 0.6 is 0 Å². The number of carbonyl (C=O) groups is 2. The highest BCUT2D eigenvalue weighted by atomic mass is 16.4. The van der Waals surface area contributed by atoms with Crippen molar-refractivity contribution < 1.29 is 14.7 Å². The molecule has 1 atom stereocenters. The van der Waals surface area contributed by atoms with Gasteiger partial charge in [0.25, 0.3) is 0 Å². The van der Waals surface area contributed by atoms with Crippen molar-refractivity contribution in [2.45, 2.75) is 25.3 Å². The number of carboxylic acids is 1. The maximum atomic E-state index is 11.6. The van der Waals surface area contributed by atoms with Crippen LogP contribution in [0.2, 0.25) is 0 Å². The highest BCUT2D eigenvalue weighted by molar-refractivity contribution is 5.83. The van der Waals surface area contributed by atoms with E-state index in [9.17, 15) is 9.59 Å². The van der Waals surface area contributed by atoms with E-state index in [1.807, 2.05) is 0 Å².